The number of ether oxygens (including phenoxy) is 3. The number of rotatable bonds is 9. The van der Waals surface area contributed by atoms with E-state index in [0.29, 0.717) is 36.3 Å². The zero-order valence-corrected chi connectivity index (χ0v) is 21.3. The quantitative estimate of drug-likeness (QED) is 0.247. The van der Waals surface area contributed by atoms with Crippen molar-refractivity contribution in [3.05, 3.63) is 59.7 Å². The maximum Gasteiger partial charge on any atom is 0.387 e. The fraction of sp³-hybridized carbons (Fsp3) is 0.458. The van der Waals surface area contributed by atoms with E-state index in [1.165, 1.54) is 5.56 Å². The summed E-state index contributed by atoms with van der Waals surface area (Å²) in [7, 11) is 1.68. The van der Waals surface area contributed by atoms with Crippen molar-refractivity contribution >= 4 is 29.9 Å². The molecule has 0 aromatic heterocycles. The van der Waals surface area contributed by atoms with Crippen molar-refractivity contribution in [3.8, 4) is 11.5 Å². The summed E-state index contributed by atoms with van der Waals surface area (Å²) in [6.07, 6.45) is 2.09. The van der Waals surface area contributed by atoms with Gasteiger partial charge in [0.05, 0.1) is 12.7 Å². The second kappa shape index (κ2) is 14.2. The van der Waals surface area contributed by atoms with E-state index >= 15 is 0 Å². The highest BCUT2D eigenvalue weighted by molar-refractivity contribution is 14.0. The zero-order chi connectivity index (χ0) is 22.8. The molecular formula is C24H32F2IN3O3. The Balaban J connectivity index is 0.00000385. The molecule has 1 fully saturated rings. The molecule has 2 aromatic rings. The van der Waals surface area contributed by atoms with Crippen LogP contribution < -0.4 is 20.1 Å². The van der Waals surface area contributed by atoms with Crippen LogP contribution in [-0.2, 0) is 11.3 Å². The van der Waals surface area contributed by atoms with Crippen molar-refractivity contribution in [1.82, 2.24) is 10.6 Å². The molecule has 2 N–H and O–H groups in total. The Labute approximate surface area is 211 Å². The highest BCUT2D eigenvalue weighted by Crippen LogP contribution is 2.34. The van der Waals surface area contributed by atoms with Gasteiger partial charge in [0.1, 0.15) is 0 Å². The summed E-state index contributed by atoms with van der Waals surface area (Å²) in [6.45, 7) is 0.900. The minimum absolute atomic E-state index is 0. The molecule has 0 aliphatic carbocycles. The number of para-hydroxylation sites is 1. The summed E-state index contributed by atoms with van der Waals surface area (Å²) >= 11 is 0. The maximum absolute atomic E-state index is 12.9. The van der Waals surface area contributed by atoms with Crippen LogP contribution in [0.15, 0.2) is 53.5 Å². The summed E-state index contributed by atoms with van der Waals surface area (Å²) in [5.74, 6) is 1.20. The summed E-state index contributed by atoms with van der Waals surface area (Å²) in [6, 6.07) is 15.3. The third-order valence-electron chi connectivity index (χ3n) is 5.34. The third kappa shape index (κ3) is 7.99. The van der Waals surface area contributed by atoms with Crippen LogP contribution in [0.5, 0.6) is 11.5 Å². The Morgan fingerprint density at radius 3 is 2.64 bits per heavy atom. The van der Waals surface area contributed by atoms with Gasteiger partial charge in [-0.05, 0) is 31.4 Å². The normalized spacial score (nSPS) is 18.4. The van der Waals surface area contributed by atoms with Crippen molar-refractivity contribution in [1.29, 1.82) is 0 Å². The van der Waals surface area contributed by atoms with Crippen LogP contribution >= 0.6 is 24.0 Å². The SMILES string of the molecule is CCOc1cccc(CNC(=NC)NCC2CCCOC2c2ccccc2)c1OC(F)F.I. The average molecular weight is 575 g/mol. The van der Waals surface area contributed by atoms with E-state index in [0.717, 1.165) is 19.4 Å². The van der Waals surface area contributed by atoms with Crippen LogP contribution in [0.25, 0.3) is 0 Å². The molecule has 0 radical (unpaired) electrons. The fourth-order valence-electron chi connectivity index (χ4n) is 3.88. The lowest BCUT2D eigenvalue weighted by Crippen LogP contribution is -2.41. The van der Waals surface area contributed by atoms with E-state index in [4.69, 9.17) is 14.2 Å². The molecule has 6 nitrogen and oxygen atoms in total. The number of benzene rings is 2. The minimum Gasteiger partial charge on any atom is -0.490 e. The Morgan fingerprint density at radius 1 is 1.15 bits per heavy atom. The van der Waals surface area contributed by atoms with Gasteiger partial charge in [0.25, 0.3) is 0 Å². The molecule has 0 saturated carbocycles. The molecule has 33 heavy (non-hydrogen) atoms. The molecule has 3 rings (SSSR count). The van der Waals surface area contributed by atoms with Gasteiger partial charge in [0, 0.05) is 38.2 Å². The number of aliphatic imine (C=N–C) groups is 1. The molecule has 2 unspecified atom stereocenters. The van der Waals surface area contributed by atoms with Gasteiger partial charge in [0.2, 0.25) is 0 Å². The first-order chi connectivity index (χ1) is 15.6. The Morgan fingerprint density at radius 2 is 1.94 bits per heavy atom. The van der Waals surface area contributed by atoms with Gasteiger partial charge in [0.15, 0.2) is 17.5 Å². The van der Waals surface area contributed by atoms with E-state index < -0.39 is 6.61 Å². The van der Waals surface area contributed by atoms with Crippen LogP contribution in [0.3, 0.4) is 0 Å². The van der Waals surface area contributed by atoms with Crippen molar-refractivity contribution in [2.24, 2.45) is 10.9 Å². The van der Waals surface area contributed by atoms with Gasteiger partial charge >= 0.3 is 6.61 Å². The standard InChI is InChI=1S/C24H31F2N3O3.HI/c1-3-30-20-13-7-11-19(22(20)32-23(25)26)16-29-24(27-2)28-15-18-12-8-14-31-21(18)17-9-5-4-6-10-17;/h4-7,9-11,13,18,21,23H,3,8,12,14-16H2,1-2H3,(H2,27,28,29);1H. The zero-order valence-electron chi connectivity index (χ0n) is 18.9. The molecule has 1 aliphatic heterocycles. The summed E-state index contributed by atoms with van der Waals surface area (Å²) in [4.78, 5) is 4.27. The molecule has 1 saturated heterocycles. The lowest BCUT2D eigenvalue weighted by molar-refractivity contribution is -0.0520. The predicted molar refractivity (Wildman–Crippen MR) is 136 cm³/mol. The van der Waals surface area contributed by atoms with E-state index in [2.05, 4.69) is 27.8 Å². The molecule has 1 heterocycles. The van der Waals surface area contributed by atoms with Crippen LogP contribution in [0.4, 0.5) is 8.78 Å². The summed E-state index contributed by atoms with van der Waals surface area (Å²) in [5.41, 5.74) is 1.73. The lowest BCUT2D eigenvalue weighted by atomic mass is 9.89. The molecule has 0 bridgehead atoms. The average Bonchev–Trinajstić information content (AvgIpc) is 2.81. The molecule has 0 amide bonds. The predicted octanol–water partition coefficient (Wildman–Crippen LogP) is 5.14. The van der Waals surface area contributed by atoms with E-state index in [1.807, 2.05) is 18.2 Å². The van der Waals surface area contributed by atoms with E-state index in [-0.39, 0.29) is 42.4 Å². The number of alkyl halides is 2. The highest BCUT2D eigenvalue weighted by atomic mass is 127. The van der Waals surface area contributed by atoms with Gasteiger partial charge in [-0.15, -0.1) is 24.0 Å². The number of guanidine groups is 1. The van der Waals surface area contributed by atoms with Gasteiger partial charge in [-0.2, -0.15) is 8.78 Å². The van der Waals surface area contributed by atoms with Crippen molar-refractivity contribution in [2.75, 3.05) is 26.8 Å². The number of halogens is 3. The maximum atomic E-state index is 12.9. The lowest BCUT2D eigenvalue weighted by Gasteiger charge is -2.32. The molecule has 2 aromatic carbocycles. The van der Waals surface area contributed by atoms with Crippen LogP contribution in [0, 0.1) is 5.92 Å². The van der Waals surface area contributed by atoms with Crippen LogP contribution in [0.2, 0.25) is 0 Å². The molecule has 182 valence electrons. The topological polar surface area (TPSA) is 64.1 Å². The van der Waals surface area contributed by atoms with Crippen molar-refractivity contribution in [3.63, 3.8) is 0 Å². The first-order valence-corrected chi connectivity index (χ1v) is 10.9. The summed E-state index contributed by atoms with van der Waals surface area (Å²) in [5, 5.41) is 6.53. The third-order valence-corrected chi connectivity index (χ3v) is 5.34. The molecule has 1 aliphatic rings. The van der Waals surface area contributed by atoms with E-state index in [1.54, 1.807) is 32.2 Å². The van der Waals surface area contributed by atoms with Gasteiger partial charge in [-0.1, -0.05) is 42.5 Å². The second-order valence-corrected chi connectivity index (χ2v) is 7.47. The number of nitrogens with one attached hydrogen (secondary N) is 2. The molecular weight excluding hydrogens is 543 g/mol. The number of hydrogen-bond acceptors (Lipinski definition) is 4. The van der Waals surface area contributed by atoms with Gasteiger partial charge in [-0.25, -0.2) is 0 Å². The first-order valence-electron chi connectivity index (χ1n) is 10.9. The minimum atomic E-state index is -2.94. The van der Waals surface area contributed by atoms with E-state index in [9.17, 15) is 8.78 Å². The summed E-state index contributed by atoms with van der Waals surface area (Å²) < 4.78 is 42.1. The number of nitrogens with zero attached hydrogens (tertiary/aromatic N) is 1. The van der Waals surface area contributed by atoms with Crippen LogP contribution in [0.1, 0.15) is 37.0 Å². The Bertz CT molecular complexity index is 871. The van der Waals surface area contributed by atoms with Gasteiger partial charge in [-0.3, -0.25) is 4.99 Å². The van der Waals surface area contributed by atoms with Crippen LogP contribution in [-0.4, -0.2) is 39.4 Å². The molecule has 0 spiro atoms. The van der Waals surface area contributed by atoms with Gasteiger partial charge < -0.3 is 24.8 Å². The monoisotopic (exact) mass is 575 g/mol. The number of hydrogen-bond donors (Lipinski definition) is 2. The smallest absolute Gasteiger partial charge is 0.387 e. The fourth-order valence-corrected chi connectivity index (χ4v) is 3.88. The largest absolute Gasteiger partial charge is 0.490 e. The Hall–Kier alpha value is -2.14. The first kappa shape index (κ1) is 27.1. The Kier molecular flexibility index (Phi) is 11.7. The molecule has 2 atom stereocenters. The highest BCUT2D eigenvalue weighted by Gasteiger charge is 2.27. The second-order valence-electron chi connectivity index (χ2n) is 7.47. The van der Waals surface area contributed by atoms with Crippen molar-refractivity contribution in [2.45, 2.75) is 39.0 Å². The van der Waals surface area contributed by atoms with Crippen molar-refractivity contribution < 1.29 is 23.0 Å². The molecule has 9 heteroatoms.